The highest BCUT2D eigenvalue weighted by atomic mass is 16.3. The van der Waals surface area contributed by atoms with E-state index >= 15 is 0 Å². The third-order valence-electron chi connectivity index (χ3n) is 6.50. The minimum absolute atomic E-state index is 0.0646. The van der Waals surface area contributed by atoms with Crippen molar-refractivity contribution in [1.82, 2.24) is 14.8 Å². The van der Waals surface area contributed by atoms with Crippen molar-refractivity contribution >= 4 is 5.91 Å². The lowest BCUT2D eigenvalue weighted by Gasteiger charge is -2.38. The zero-order chi connectivity index (χ0) is 19.8. The van der Waals surface area contributed by atoms with Gasteiger partial charge in [0.15, 0.2) is 0 Å². The van der Waals surface area contributed by atoms with Crippen LogP contribution in [0.2, 0.25) is 0 Å². The Bertz CT molecular complexity index is 852. The number of hydrogen-bond acceptors (Lipinski definition) is 4. The van der Waals surface area contributed by atoms with E-state index in [1.165, 1.54) is 0 Å². The lowest BCUT2D eigenvalue weighted by molar-refractivity contribution is 0.00940. The van der Waals surface area contributed by atoms with Gasteiger partial charge >= 0.3 is 0 Å². The highest BCUT2D eigenvalue weighted by Gasteiger charge is 2.44. The summed E-state index contributed by atoms with van der Waals surface area (Å²) in [5.74, 6) is 0.902. The fourth-order valence-corrected chi connectivity index (χ4v) is 4.98. The van der Waals surface area contributed by atoms with Gasteiger partial charge in [0.25, 0.3) is 5.91 Å². The summed E-state index contributed by atoms with van der Waals surface area (Å²) in [5, 5.41) is 10.5. The summed E-state index contributed by atoms with van der Waals surface area (Å²) in [5.41, 5.74) is 3.46. The Morgan fingerprint density at radius 1 is 1.11 bits per heavy atom. The van der Waals surface area contributed by atoms with Gasteiger partial charge in [0.05, 0.1) is 17.4 Å². The summed E-state index contributed by atoms with van der Waals surface area (Å²) in [4.78, 5) is 22.0. The average molecular weight is 380 g/mol. The maximum atomic E-state index is 13.5. The molecule has 0 unspecified atom stereocenters. The smallest absolute Gasteiger partial charge is 0.256 e. The first-order chi connectivity index (χ1) is 13.5. The highest BCUT2D eigenvalue weighted by Crippen LogP contribution is 2.39. The molecule has 5 heteroatoms. The van der Waals surface area contributed by atoms with Crippen LogP contribution in [0, 0.1) is 18.8 Å². The summed E-state index contributed by atoms with van der Waals surface area (Å²) in [6, 6.07) is 12.2. The van der Waals surface area contributed by atoms with Crippen LogP contribution in [0.25, 0.3) is 11.1 Å². The Morgan fingerprint density at radius 2 is 1.79 bits per heavy atom. The molecule has 0 radical (unpaired) electrons. The molecule has 1 saturated heterocycles. The first-order valence-corrected chi connectivity index (χ1v) is 10.1. The van der Waals surface area contributed by atoms with Crippen molar-refractivity contribution in [3.63, 3.8) is 0 Å². The van der Waals surface area contributed by atoms with Gasteiger partial charge in [0.1, 0.15) is 0 Å². The summed E-state index contributed by atoms with van der Waals surface area (Å²) >= 11 is 0. The second-order valence-electron chi connectivity index (χ2n) is 8.48. The van der Waals surface area contributed by atoms with Crippen LogP contribution in [0.1, 0.15) is 28.9 Å². The van der Waals surface area contributed by atoms with Crippen molar-refractivity contribution in [3.8, 4) is 11.1 Å². The van der Waals surface area contributed by atoms with Gasteiger partial charge in [0, 0.05) is 25.3 Å². The van der Waals surface area contributed by atoms with Crippen molar-refractivity contribution in [2.75, 3.05) is 27.2 Å². The SMILES string of the molecule is Cc1nccc(-c2ccccc2)c1C(=O)N1C[C@H]2C[C@@H](N(C)C)[C@H](O)C[C@H]2C1. The number of fused-ring (bicyclic) bond motifs is 1. The molecule has 1 aromatic heterocycles. The predicted molar refractivity (Wildman–Crippen MR) is 110 cm³/mol. The first-order valence-electron chi connectivity index (χ1n) is 10.1. The molecule has 2 aliphatic rings. The Hall–Kier alpha value is -2.24. The number of aliphatic hydroxyl groups is 1. The number of carbonyl (C=O) groups is 1. The molecule has 1 N–H and O–H groups in total. The summed E-state index contributed by atoms with van der Waals surface area (Å²) < 4.78 is 0. The van der Waals surface area contributed by atoms with E-state index in [1.807, 2.05) is 62.3 Å². The van der Waals surface area contributed by atoms with E-state index in [1.54, 1.807) is 6.20 Å². The number of pyridine rings is 1. The summed E-state index contributed by atoms with van der Waals surface area (Å²) in [6.45, 7) is 3.40. The number of rotatable bonds is 3. The van der Waals surface area contributed by atoms with Crippen molar-refractivity contribution < 1.29 is 9.90 Å². The van der Waals surface area contributed by atoms with Crippen LogP contribution in [0.4, 0.5) is 0 Å². The zero-order valence-corrected chi connectivity index (χ0v) is 16.9. The fraction of sp³-hybridized carbons (Fsp3) is 0.478. The topological polar surface area (TPSA) is 56.7 Å². The van der Waals surface area contributed by atoms with E-state index in [4.69, 9.17) is 0 Å². The molecule has 1 aliphatic carbocycles. The van der Waals surface area contributed by atoms with Gasteiger partial charge in [-0.1, -0.05) is 30.3 Å². The molecule has 1 amide bonds. The van der Waals surface area contributed by atoms with Gasteiger partial charge in [-0.15, -0.1) is 0 Å². The predicted octanol–water partition coefficient (Wildman–Crippen LogP) is 2.83. The third kappa shape index (κ3) is 3.45. The average Bonchev–Trinajstić information content (AvgIpc) is 3.10. The minimum atomic E-state index is -0.314. The van der Waals surface area contributed by atoms with E-state index in [-0.39, 0.29) is 18.1 Å². The van der Waals surface area contributed by atoms with Crippen LogP contribution < -0.4 is 0 Å². The van der Waals surface area contributed by atoms with Gasteiger partial charge in [-0.3, -0.25) is 9.78 Å². The van der Waals surface area contributed by atoms with E-state index in [0.29, 0.717) is 17.4 Å². The number of likely N-dealkylation sites (tertiary alicyclic amines) is 1. The molecule has 4 atom stereocenters. The normalized spacial score (nSPS) is 27.1. The zero-order valence-electron chi connectivity index (χ0n) is 16.9. The molecule has 0 spiro atoms. The van der Waals surface area contributed by atoms with Crippen molar-refractivity contribution in [2.24, 2.45) is 11.8 Å². The van der Waals surface area contributed by atoms with Crippen molar-refractivity contribution in [1.29, 1.82) is 0 Å². The molecule has 148 valence electrons. The number of aryl methyl sites for hydroxylation is 1. The fourth-order valence-electron chi connectivity index (χ4n) is 4.98. The molecule has 2 fully saturated rings. The number of likely N-dealkylation sites (N-methyl/N-ethyl adjacent to an activating group) is 1. The van der Waals surface area contributed by atoms with Gasteiger partial charge in [0.2, 0.25) is 0 Å². The molecule has 2 aromatic rings. The lowest BCUT2D eigenvalue weighted by atomic mass is 9.77. The maximum Gasteiger partial charge on any atom is 0.256 e. The van der Waals surface area contributed by atoms with Crippen LogP contribution in [-0.4, -0.2) is 65.1 Å². The molecular weight excluding hydrogens is 350 g/mol. The molecule has 1 aromatic carbocycles. The van der Waals surface area contributed by atoms with Crippen LogP contribution in [-0.2, 0) is 0 Å². The van der Waals surface area contributed by atoms with Gasteiger partial charge in [-0.25, -0.2) is 0 Å². The van der Waals surface area contributed by atoms with E-state index in [2.05, 4.69) is 9.88 Å². The monoisotopic (exact) mass is 379 g/mol. The Balaban J connectivity index is 1.60. The minimum Gasteiger partial charge on any atom is -0.391 e. The summed E-state index contributed by atoms with van der Waals surface area (Å²) in [6.07, 6.45) is 3.18. The molecule has 1 aliphatic heterocycles. The van der Waals surface area contributed by atoms with Crippen molar-refractivity contribution in [2.45, 2.75) is 31.9 Å². The standard InChI is InChI=1S/C23H29N3O2/c1-15-22(19(9-10-24-15)16-7-5-4-6-8-16)23(28)26-13-17-11-20(25(2)3)21(27)12-18(17)14-26/h4-10,17-18,20-21,27H,11-14H2,1-3H3/t17-,18+,20-,21-/m1/s1. The van der Waals surface area contributed by atoms with Gasteiger partial charge < -0.3 is 14.9 Å². The summed E-state index contributed by atoms with van der Waals surface area (Å²) in [7, 11) is 4.05. The number of benzene rings is 1. The number of hydrogen-bond donors (Lipinski definition) is 1. The van der Waals surface area contributed by atoms with Crippen LogP contribution in [0.3, 0.4) is 0 Å². The number of aromatic nitrogens is 1. The van der Waals surface area contributed by atoms with Gasteiger partial charge in [-0.2, -0.15) is 0 Å². The number of carbonyl (C=O) groups excluding carboxylic acids is 1. The van der Waals surface area contributed by atoms with Crippen molar-refractivity contribution in [3.05, 3.63) is 53.9 Å². The van der Waals surface area contributed by atoms with Crippen LogP contribution in [0.15, 0.2) is 42.6 Å². The van der Waals surface area contributed by atoms with Crippen LogP contribution >= 0.6 is 0 Å². The molecule has 1 saturated carbocycles. The molecule has 4 rings (SSSR count). The quantitative estimate of drug-likeness (QED) is 0.891. The number of aliphatic hydroxyl groups excluding tert-OH is 1. The Morgan fingerprint density at radius 3 is 2.46 bits per heavy atom. The highest BCUT2D eigenvalue weighted by molar-refractivity contribution is 6.02. The van der Waals surface area contributed by atoms with E-state index in [9.17, 15) is 9.90 Å². The molecule has 28 heavy (non-hydrogen) atoms. The number of nitrogens with zero attached hydrogens (tertiary/aromatic N) is 3. The van der Waals surface area contributed by atoms with Crippen LogP contribution in [0.5, 0.6) is 0 Å². The second-order valence-corrected chi connectivity index (χ2v) is 8.48. The molecule has 5 nitrogen and oxygen atoms in total. The van der Waals surface area contributed by atoms with E-state index in [0.717, 1.165) is 42.8 Å². The first kappa shape index (κ1) is 19.1. The second kappa shape index (κ2) is 7.64. The molecule has 0 bridgehead atoms. The maximum absolute atomic E-state index is 13.5. The van der Waals surface area contributed by atoms with Gasteiger partial charge in [-0.05, 0) is 62.9 Å². The molecular formula is C23H29N3O2. The van der Waals surface area contributed by atoms with E-state index < -0.39 is 0 Å². The largest absolute Gasteiger partial charge is 0.391 e. The third-order valence-corrected chi connectivity index (χ3v) is 6.50. The Labute approximate surface area is 167 Å². The number of amides is 1. The molecule has 2 heterocycles. The Kier molecular flexibility index (Phi) is 5.21. The lowest BCUT2D eigenvalue weighted by Crippen LogP contribution is -2.46.